The van der Waals surface area contributed by atoms with E-state index in [4.69, 9.17) is 5.73 Å². The maximum absolute atomic E-state index is 11.4. The first-order valence-corrected chi connectivity index (χ1v) is 10.2. The van der Waals surface area contributed by atoms with Crippen LogP contribution in [-0.2, 0) is 4.79 Å². The van der Waals surface area contributed by atoms with Crippen LogP contribution in [0.25, 0.3) is 10.9 Å². The molecule has 1 aromatic carbocycles. The van der Waals surface area contributed by atoms with E-state index in [1.54, 1.807) is 13.1 Å². The summed E-state index contributed by atoms with van der Waals surface area (Å²) in [6, 6.07) is 10.0. The summed E-state index contributed by atoms with van der Waals surface area (Å²) < 4.78 is 0. The average molecular weight is 406 g/mol. The number of aromatic nitrogens is 3. The molecule has 0 saturated carbocycles. The van der Waals surface area contributed by atoms with Crippen LogP contribution in [0.3, 0.4) is 0 Å². The summed E-state index contributed by atoms with van der Waals surface area (Å²) in [4.78, 5) is 27.4. The SMILES string of the molecule is CC(=O)N[C@@H]1CCN(c2cc3c(NC(C)c4cccc(N)c4)nc(C)nc3cn2)C1. The second kappa shape index (κ2) is 8.14. The summed E-state index contributed by atoms with van der Waals surface area (Å²) in [5, 5.41) is 7.42. The lowest BCUT2D eigenvalue weighted by Gasteiger charge is -2.20. The van der Waals surface area contributed by atoms with E-state index in [1.165, 1.54) is 0 Å². The Morgan fingerprint density at radius 3 is 2.90 bits per heavy atom. The Labute approximate surface area is 175 Å². The van der Waals surface area contributed by atoms with E-state index in [9.17, 15) is 4.79 Å². The number of carbonyl (C=O) groups is 1. The summed E-state index contributed by atoms with van der Waals surface area (Å²) >= 11 is 0. The number of amides is 1. The van der Waals surface area contributed by atoms with E-state index in [0.717, 1.165) is 53.3 Å². The Bertz CT molecular complexity index is 1080. The number of hydrogen-bond donors (Lipinski definition) is 3. The molecule has 2 atom stereocenters. The van der Waals surface area contributed by atoms with Gasteiger partial charge in [0.05, 0.1) is 17.8 Å². The van der Waals surface area contributed by atoms with Crippen LogP contribution >= 0.6 is 0 Å². The fraction of sp³-hybridized carbons (Fsp3) is 0.364. The Morgan fingerprint density at radius 1 is 1.30 bits per heavy atom. The van der Waals surface area contributed by atoms with Crippen molar-refractivity contribution < 1.29 is 4.79 Å². The van der Waals surface area contributed by atoms with Crippen LogP contribution in [0.2, 0.25) is 0 Å². The van der Waals surface area contributed by atoms with E-state index in [2.05, 4.69) is 37.4 Å². The number of rotatable bonds is 5. The quantitative estimate of drug-likeness (QED) is 0.560. The molecule has 0 bridgehead atoms. The molecule has 1 fully saturated rings. The van der Waals surface area contributed by atoms with E-state index < -0.39 is 0 Å². The van der Waals surface area contributed by atoms with Gasteiger partial charge in [-0.15, -0.1) is 0 Å². The summed E-state index contributed by atoms with van der Waals surface area (Å²) in [7, 11) is 0. The molecule has 8 nitrogen and oxygen atoms in total. The highest BCUT2D eigenvalue weighted by atomic mass is 16.1. The molecule has 4 rings (SSSR count). The second-order valence-electron chi connectivity index (χ2n) is 7.85. The molecule has 4 N–H and O–H groups in total. The summed E-state index contributed by atoms with van der Waals surface area (Å²) in [5.41, 5.74) is 8.56. The number of anilines is 3. The van der Waals surface area contributed by atoms with Crippen LogP contribution in [-0.4, -0.2) is 40.0 Å². The predicted molar refractivity (Wildman–Crippen MR) is 119 cm³/mol. The second-order valence-corrected chi connectivity index (χ2v) is 7.85. The molecule has 30 heavy (non-hydrogen) atoms. The van der Waals surface area contributed by atoms with Gasteiger partial charge in [0.1, 0.15) is 17.5 Å². The van der Waals surface area contributed by atoms with Crippen molar-refractivity contribution >= 4 is 34.1 Å². The smallest absolute Gasteiger partial charge is 0.217 e. The molecule has 3 heterocycles. The fourth-order valence-electron chi connectivity index (χ4n) is 3.91. The number of hydrogen-bond acceptors (Lipinski definition) is 7. The average Bonchev–Trinajstić information content (AvgIpc) is 3.15. The van der Waals surface area contributed by atoms with E-state index in [1.807, 2.05) is 37.3 Å². The van der Waals surface area contributed by atoms with E-state index in [0.29, 0.717) is 5.82 Å². The minimum atomic E-state index is -0.000724. The number of nitrogen functional groups attached to an aromatic ring is 1. The minimum Gasteiger partial charge on any atom is -0.399 e. The van der Waals surface area contributed by atoms with Crippen molar-refractivity contribution in [3.63, 3.8) is 0 Å². The number of nitrogens with two attached hydrogens (primary N) is 1. The molecule has 1 aliphatic rings. The van der Waals surface area contributed by atoms with Gasteiger partial charge in [-0.2, -0.15) is 0 Å². The number of nitrogens with one attached hydrogen (secondary N) is 2. The number of pyridine rings is 1. The van der Waals surface area contributed by atoms with E-state index in [-0.39, 0.29) is 18.0 Å². The Hall–Kier alpha value is -3.42. The Kier molecular flexibility index (Phi) is 5.39. The molecule has 0 spiro atoms. The predicted octanol–water partition coefficient (Wildman–Crippen LogP) is 2.80. The first-order chi connectivity index (χ1) is 14.4. The summed E-state index contributed by atoms with van der Waals surface area (Å²) in [6.45, 7) is 7.10. The van der Waals surface area contributed by atoms with Crippen LogP contribution in [0.5, 0.6) is 0 Å². The molecule has 0 aliphatic carbocycles. The topological polar surface area (TPSA) is 109 Å². The third-order valence-corrected chi connectivity index (χ3v) is 5.36. The lowest BCUT2D eigenvalue weighted by atomic mass is 10.1. The highest BCUT2D eigenvalue weighted by Gasteiger charge is 2.24. The zero-order chi connectivity index (χ0) is 21.3. The molecule has 1 amide bonds. The van der Waals surface area contributed by atoms with Crippen molar-refractivity contribution in [1.82, 2.24) is 20.3 Å². The van der Waals surface area contributed by atoms with Crippen molar-refractivity contribution in [1.29, 1.82) is 0 Å². The highest BCUT2D eigenvalue weighted by Crippen LogP contribution is 2.29. The van der Waals surface area contributed by atoms with Crippen molar-refractivity contribution in [2.75, 3.05) is 29.0 Å². The van der Waals surface area contributed by atoms with Gasteiger partial charge in [-0.25, -0.2) is 15.0 Å². The van der Waals surface area contributed by atoms with Crippen LogP contribution in [0.4, 0.5) is 17.3 Å². The number of fused-ring (bicyclic) bond motifs is 1. The monoisotopic (exact) mass is 405 g/mol. The van der Waals surface area contributed by atoms with Crippen LogP contribution in [0.15, 0.2) is 36.5 Å². The first kappa shape index (κ1) is 19.9. The normalized spacial score (nSPS) is 17.2. The van der Waals surface area contributed by atoms with Gasteiger partial charge in [-0.1, -0.05) is 12.1 Å². The summed E-state index contributed by atoms with van der Waals surface area (Å²) in [6.07, 6.45) is 2.70. The third kappa shape index (κ3) is 4.27. The molecule has 2 aromatic heterocycles. The first-order valence-electron chi connectivity index (χ1n) is 10.2. The van der Waals surface area contributed by atoms with Gasteiger partial charge in [0.15, 0.2) is 0 Å². The molecule has 1 unspecified atom stereocenters. The van der Waals surface area contributed by atoms with Crippen molar-refractivity contribution in [2.24, 2.45) is 0 Å². The fourth-order valence-corrected chi connectivity index (χ4v) is 3.91. The Morgan fingerprint density at radius 2 is 2.13 bits per heavy atom. The van der Waals surface area contributed by atoms with Crippen molar-refractivity contribution in [3.8, 4) is 0 Å². The van der Waals surface area contributed by atoms with Gasteiger partial charge >= 0.3 is 0 Å². The number of benzene rings is 1. The minimum absolute atomic E-state index is 0.000724. The van der Waals surface area contributed by atoms with Gasteiger partial charge in [0.2, 0.25) is 5.91 Å². The molecule has 3 aromatic rings. The van der Waals surface area contributed by atoms with Crippen molar-refractivity contribution in [3.05, 3.63) is 47.9 Å². The van der Waals surface area contributed by atoms with Gasteiger partial charge < -0.3 is 21.3 Å². The highest BCUT2D eigenvalue weighted by molar-refractivity contribution is 5.90. The maximum atomic E-state index is 11.4. The maximum Gasteiger partial charge on any atom is 0.217 e. The molecule has 156 valence electrons. The number of carbonyl (C=O) groups excluding carboxylic acids is 1. The van der Waals surface area contributed by atoms with Crippen LogP contribution in [0.1, 0.15) is 37.7 Å². The molecule has 8 heteroatoms. The molecular formula is C22H27N7O. The van der Waals surface area contributed by atoms with Gasteiger partial charge in [-0.05, 0) is 44.0 Å². The molecule has 0 radical (unpaired) electrons. The zero-order valence-corrected chi connectivity index (χ0v) is 17.5. The lowest BCUT2D eigenvalue weighted by molar-refractivity contribution is -0.119. The van der Waals surface area contributed by atoms with Gasteiger partial charge in [-0.3, -0.25) is 4.79 Å². The van der Waals surface area contributed by atoms with Crippen LogP contribution < -0.4 is 21.3 Å². The standard InChI is InChI=1S/C22H27N7O/c1-13(16-5-4-6-17(23)9-16)25-22-19-10-21(24-11-20(19)26-14(2)27-22)29-8-7-18(12-29)28-15(3)30/h4-6,9-11,13,18H,7-8,12,23H2,1-3H3,(H,28,30)(H,25,26,27)/t13?,18-/m1/s1. The van der Waals surface area contributed by atoms with E-state index >= 15 is 0 Å². The number of nitrogens with zero attached hydrogens (tertiary/aromatic N) is 4. The van der Waals surface area contributed by atoms with Crippen LogP contribution in [0, 0.1) is 6.92 Å². The molecular weight excluding hydrogens is 378 g/mol. The Balaban J connectivity index is 1.63. The summed E-state index contributed by atoms with van der Waals surface area (Å²) in [5.74, 6) is 2.32. The van der Waals surface area contributed by atoms with Gasteiger partial charge in [0.25, 0.3) is 0 Å². The third-order valence-electron chi connectivity index (χ3n) is 5.36. The molecule has 1 aliphatic heterocycles. The largest absolute Gasteiger partial charge is 0.399 e. The lowest BCUT2D eigenvalue weighted by Crippen LogP contribution is -2.35. The van der Waals surface area contributed by atoms with Gasteiger partial charge in [0, 0.05) is 37.1 Å². The molecule has 1 saturated heterocycles. The number of aryl methyl sites for hydroxylation is 1. The zero-order valence-electron chi connectivity index (χ0n) is 17.5. The van der Waals surface area contributed by atoms with Crippen molar-refractivity contribution in [2.45, 2.75) is 39.3 Å².